The molecule has 0 spiro atoms. The molecule has 2 rings (SSSR count). The summed E-state index contributed by atoms with van der Waals surface area (Å²) in [6.07, 6.45) is 1.14. The Bertz CT molecular complexity index is 427. The maximum atomic E-state index is 12.6. The van der Waals surface area contributed by atoms with Crippen molar-refractivity contribution in [3.8, 4) is 11.5 Å². The van der Waals surface area contributed by atoms with Crippen LogP contribution < -0.4 is 0 Å². The molecule has 0 aliphatic heterocycles. The molecular formula is C9H6BrFN2O. The number of aromatic nitrogens is 2. The van der Waals surface area contributed by atoms with Crippen molar-refractivity contribution in [2.75, 3.05) is 0 Å². The summed E-state index contributed by atoms with van der Waals surface area (Å²) in [5.41, 5.74) is 1.36. The van der Waals surface area contributed by atoms with Crippen LogP contribution in [0.15, 0.2) is 28.9 Å². The van der Waals surface area contributed by atoms with Crippen LogP contribution in [0, 0.1) is 5.82 Å². The van der Waals surface area contributed by atoms with E-state index >= 15 is 0 Å². The Kier molecular flexibility index (Phi) is 2.58. The van der Waals surface area contributed by atoms with Crippen molar-refractivity contribution >= 4 is 15.9 Å². The van der Waals surface area contributed by atoms with Crippen LogP contribution in [-0.4, -0.2) is 10.1 Å². The van der Waals surface area contributed by atoms with Crippen LogP contribution in [0.5, 0.6) is 0 Å². The molecule has 0 bridgehead atoms. The van der Waals surface area contributed by atoms with Crippen molar-refractivity contribution in [2.24, 2.45) is 0 Å². The summed E-state index contributed by atoms with van der Waals surface area (Å²) in [4.78, 5) is 3.87. The highest BCUT2D eigenvalue weighted by Crippen LogP contribution is 2.18. The smallest absolute Gasteiger partial charge is 0.185 e. The van der Waals surface area contributed by atoms with E-state index in [1.165, 1.54) is 6.07 Å². The van der Waals surface area contributed by atoms with Crippen LogP contribution in [0.3, 0.4) is 0 Å². The van der Waals surface area contributed by atoms with Crippen molar-refractivity contribution in [1.29, 1.82) is 0 Å². The normalized spacial score (nSPS) is 10.4. The van der Waals surface area contributed by atoms with Crippen LogP contribution in [0.2, 0.25) is 0 Å². The average Bonchev–Trinajstić information content (AvgIpc) is 2.67. The second-order valence-electron chi connectivity index (χ2n) is 2.68. The summed E-state index contributed by atoms with van der Waals surface area (Å²) in [5, 5.41) is 4.40. The Morgan fingerprint density at radius 3 is 2.86 bits per heavy atom. The monoisotopic (exact) mass is 256 g/mol. The van der Waals surface area contributed by atoms with E-state index in [-0.39, 0.29) is 5.82 Å². The SMILES string of the molecule is Fc1ccc(-c2cc(CBr)no2)nc1. The first-order valence-corrected chi connectivity index (χ1v) is 5.05. The van der Waals surface area contributed by atoms with Crippen LogP contribution in [0.25, 0.3) is 11.5 Å². The number of hydrogen-bond donors (Lipinski definition) is 0. The molecule has 2 heterocycles. The number of rotatable bonds is 2. The lowest BCUT2D eigenvalue weighted by molar-refractivity contribution is 0.425. The van der Waals surface area contributed by atoms with Crippen LogP contribution in [0.1, 0.15) is 5.69 Å². The second-order valence-corrected chi connectivity index (χ2v) is 3.24. The summed E-state index contributed by atoms with van der Waals surface area (Å²) in [6.45, 7) is 0. The maximum Gasteiger partial charge on any atom is 0.185 e. The van der Waals surface area contributed by atoms with Crippen molar-refractivity contribution in [1.82, 2.24) is 10.1 Å². The van der Waals surface area contributed by atoms with Gasteiger partial charge in [-0.3, -0.25) is 0 Å². The van der Waals surface area contributed by atoms with Crippen LogP contribution in [-0.2, 0) is 5.33 Å². The van der Waals surface area contributed by atoms with Crippen molar-refractivity contribution < 1.29 is 8.91 Å². The number of nitrogens with zero attached hydrogens (tertiary/aromatic N) is 2. The van der Waals surface area contributed by atoms with E-state index in [0.717, 1.165) is 11.9 Å². The average molecular weight is 257 g/mol. The standard InChI is InChI=1S/C9H6BrFN2O/c10-4-7-3-9(14-13-7)8-2-1-6(11)5-12-8/h1-3,5H,4H2. The Balaban J connectivity index is 2.34. The fraction of sp³-hybridized carbons (Fsp3) is 0.111. The molecule has 0 atom stereocenters. The summed E-state index contributed by atoms with van der Waals surface area (Å²) in [6, 6.07) is 4.64. The van der Waals surface area contributed by atoms with Gasteiger partial charge in [0.1, 0.15) is 11.5 Å². The predicted molar refractivity (Wildman–Crippen MR) is 52.3 cm³/mol. The Morgan fingerprint density at radius 2 is 2.29 bits per heavy atom. The van der Waals surface area contributed by atoms with Gasteiger partial charge in [-0.25, -0.2) is 9.37 Å². The molecule has 2 aromatic heterocycles. The van der Waals surface area contributed by atoms with Gasteiger partial charge in [-0.05, 0) is 12.1 Å². The summed E-state index contributed by atoms with van der Waals surface area (Å²) in [5.74, 6) is 0.174. The second kappa shape index (κ2) is 3.88. The number of pyridine rings is 1. The number of hydrogen-bond acceptors (Lipinski definition) is 3. The largest absolute Gasteiger partial charge is 0.354 e. The van der Waals surface area contributed by atoms with E-state index < -0.39 is 0 Å². The van der Waals surface area contributed by atoms with E-state index in [9.17, 15) is 4.39 Å². The third kappa shape index (κ3) is 1.82. The zero-order valence-electron chi connectivity index (χ0n) is 7.08. The third-order valence-electron chi connectivity index (χ3n) is 1.68. The first-order chi connectivity index (χ1) is 6.79. The number of alkyl halides is 1. The third-order valence-corrected chi connectivity index (χ3v) is 2.25. The highest BCUT2D eigenvalue weighted by molar-refractivity contribution is 9.08. The highest BCUT2D eigenvalue weighted by Gasteiger charge is 2.06. The van der Waals surface area contributed by atoms with Crippen LogP contribution in [0.4, 0.5) is 4.39 Å². The Labute approximate surface area is 88.1 Å². The Morgan fingerprint density at radius 1 is 1.43 bits per heavy atom. The van der Waals surface area contributed by atoms with Crippen LogP contribution >= 0.6 is 15.9 Å². The molecule has 0 fully saturated rings. The minimum absolute atomic E-state index is 0.367. The topological polar surface area (TPSA) is 38.9 Å². The van der Waals surface area contributed by atoms with Crippen molar-refractivity contribution in [2.45, 2.75) is 5.33 Å². The van der Waals surface area contributed by atoms with Gasteiger partial charge in [0.2, 0.25) is 0 Å². The van der Waals surface area contributed by atoms with Gasteiger partial charge in [-0.2, -0.15) is 0 Å². The molecule has 0 aliphatic carbocycles. The Hall–Kier alpha value is -1.23. The molecule has 0 saturated heterocycles. The van der Waals surface area contributed by atoms with Gasteiger partial charge >= 0.3 is 0 Å². The first-order valence-electron chi connectivity index (χ1n) is 3.93. The van der Waals surface area contributed by atoms with Gasteiger partial charge < -0.3 is 4.52 Å². The molecule has 0 N–H and O–H groups in total. The summed E-state index contributed by atoms with van der Waals surface area (Å²) >= 11 is 3.25. The molecule has 3 nitrogen and oxygen atoms in total. The first kappa shape index (κ1) is 9.33. The lowest BCUT2D eigenvalue weighted by Crippen LogP contribution is -1.81. The lowest BCUT2D eigenvalue weighted by atomic mass is 10.3. The van der Waals surface area contributed by atoms with E-state index in [2.05, 4.69) is 26.1 Å². The van der Waals surface area contributed by atoms with Gasteiger partial charge in [0.25, 0.3) is 0 Å². The zero-order valence-corrected chi connectivity index (χ0v) is 8.66. The van der Waals surface area contributed by atoms with E-state index in [0.29, 0.717) is 16.8 Å². The molecule has 14 heavy (non-hydrogen) atoms. The summed E-state index contributed by atoms with van der Waals surface area (Å²) < 4.78 is 17.6. The van der Waals surface area contributed by atoms with E-state index in [4.69, 9.17) is 4.52 Å². The predicted octanol–water partition coefficient (Wildman–Crippen LogP) is 2.77. The fourth-order valence-corrected chi connectivity index (χ4v) is 1.28. The molecule has 0 aliphatic rings. The van der Waals surface area contributed by atoms with E-state index in [1.54, 1.807) is 12.1 Å². The molecule has 0 saturated carbocycles. The fourth-order valence-electron chi connectivity index (χ4n) is 1.02. The number of halogens is 2. The quantitative estimate of drug-likeness (QED) is 0.776. The van der Waals surface area contributed by atoms with Gasteiger partial charge in [-0.15, -0.1) is 0 Å². The molecular weight excluding hydrogens is 251 g/mol. The minimum Gasteiger partial charge on any atom is -0.354 e. The van der Waals surface area contributed by atoms with Gasteiger partial charge in [0.15, 0.2) is 5.76 Å². The molecule has 72 valence electrons. The molecule has 0 amide bonds. The van der Waals surface area contributed by atoms with Gasteiger partial charge in [0, 0.05) is 11.4 Å². The van der Waals surface area contributed by atoms with Crippen molar-refractivity contribution in [3.63, 3.8) is 0 Å². The zero-order chi connectivity index (χ0) is 9.97. The van der Waals surface area contributed by atoms with Crippen molar-refractivity contribution in [3.05, 3.63) is 35.9 Å². The van der Waals surface area contributed by atoms with E-state index in [1.807, 2.05) is 0 Å². The van der Waals surface area contributed by atoms with Gasteiger partial charge in [0.05, 0.1) is 11.9 Å². The molecule has 0 unspecified atom stereocenters. The maximum absolute atomic E-state index is 12.6. The highest BCUT2D eigenvalue weighted by atomic mass is 79.9. The minimum atomic E-state index is -0.367. The molecule has 5 heteroatoms. The van der Waals surface area contributed by atoms with Gasteiger partial charge in [-0.1, -0.05) is 21.1 Å². The molecule has 2 aromatic rings. The molecule has 0 radical (unpaired) electrons. The summed E-state index contributed by atoms with van der Waals surface area (Å²) in [7, 11) is 0. The lowest BCUT2D eigenvalue weighted by Gasteiger charge is -1.92. The molecule has 0 aromatic carbocycles.